The van der Waals surface area contributed by atoms with Gasteiger partial charge >= 0.3 is 5.97 Å². The molecule has 0 spiro atoms. The summed E-state index contributed by atoms with van der Waals surface area (Å²) in [5.74, 6) is -0.642. The minimum Gasteiger partial charge on any atom is -0.465 e. The first-order valence-corrected chi connectivity index (χ1v) is 6.93. The lowest BCUT2D eigenvalue weighted by atomic mass is 10.4. The number of ether oxygens (including phenoxy) is 1. The van der Waals surface area contributed by atoms with Crippen molar-refractivity contribution in [2.75, 3.05) is 24.7 Å². The number of esters is 1. The van der Waals surface area contributed by atoms with Gasteiger partial charge in [-0.1, -0.05) is 0 Å². The normalized spacial score (nSPS) is 11.1. The number of primary sulfonamides is 1. The number of thiophene rings is 1. The molecule has 0 aromatic carbocycles. The number of nitrogens with one attached hydrogen (secondary N) is 1. The molecule has 0 aliphatic rings. The molecule has 0 atom stereocenters. The molecule has 6 nitrogen and oxygen atoms in total. The van der Waals surface area contributed by atoms with Crippen LogP contribution in [0.4, 0.5) is 5.69 Å². The van der Waals surface area contributed by atoms with Gasteiger partial charge in [0, 0.05) is 6.54 Å². The van der Waals surface area contributed by atoms with E-state index in [4.69, 9.17) is 5.14 Å². The highest BCUT2D eigenvalue weighted by atomic mass is 32.2. The van der Waals surface area contributed by atoms with Gasteiger partial charge in [0.05, 0.1) is 18.6 Å². The lowest BCUT2D eigenvalue weighted by molar-refractivity contribution is 0.0607. The van der Waals surface area contributed by atoms with Gasteiger partial charge in [0.2, 0.25) is 10.0 Å². The zero-order chi connectivity index (χ0) is 12.2. The van der Waals surface area contributed by atoms with E-state index < -0.39 is 16.0 Å². The Balaban J connectivity index is 2.61. The quantitative estimate of drug-likeness (QED) is 0.742. The Morgan fingerprint density at radius 3 is 2.88 bits per heavy atom. The summed E-state index contributed by atoms with van der Waals surface area (Å²) in [5.41, 5.74) is 0.556. The van der Waals surface area contributed by atoms with Crippen molar-refractivity contribution < 1.29 is 17.9 Å². The van der Waals surface area contributed by atoms with Crippen molar-refractivity contribution in [3.63, 3.8) is 0 Å². The molecule has 8 heteroatoms. The van der Waals surface area contributed by atoms with E-state index in [9.17, 15) is 13.2 Å². The second-order valence-electron chi connectivity index (χ2n) is 2.95. The molecule has 0 saturated carbocycles. The Hall–Kier alpha value is -1.12. The van der Waals surface area contributed by atoms with E-state index in [-0.39, 0.29) is 12.3 Å². The molecule has 0 bridgehead atoms. The lowest BCUT2D eigenvalue weighted by Gasteiger charge is -2.05. The number of sulfonamides is 1. The predicted octanol–water partition coefficient (Wildman–Crippen LogP) is 0.235. The van der Waals surface area contributed by atoms with Gasteiger partial charge in [-0.15, -0.1) is 11.3 Å². The summed E-state index contributed by atoms with van der Waals surface area (Å²) in [7, 11) is -2.20. The Bertz CT molecular complexity index is 466. The van der Waals surface area contributed by atoms with Crippen LogP contribution in [0.15, 0.2) is 11.4 Å². The van der Waals surface area contributed by atoms with Gasteiger partial charge in [0.15, 0.2) is 0 Å². The van der Waals surface area contributed by atoms with Crippen molar-refractivity contribution in [1.29, 1.82) is 0 Å². The molecule has 1 aromatic rings. The van der Waals surface area contributed by atoms with E-state index >= 15 is 0 Å². The highest BCUT2D eigenvalue weighted by Gasteiger charge is 2.13. The van der Waals surface area contributed by atoms with Crippen LogP contribution in [-0.4, -0.2) is 33.8 Å². The van der Waals surface area contributed by atoms with Crippen LogP contribution in [0, 0.1) is 0 Å². The van der Waals surface area contributed by atoms with Crippen molar-refractivity contribution in [2.24, 2.45) is 5.14 Å². The average molecular weight is 264 g/mol. The first-order valence-electron chi connectivity index (χ1n) is 4.34. The molecule has 0 amide bonds. The molecule has 90 valence electrons. The van der Waals surface area contributed by atoms with E-state index in [2.05, 4.69) is 10.1 Å². The van der Waals surface area contributed by atoms with Gasteiger partial charge < -0.3 is 10.1 Å². The molecule has 0 fully saturated rings. The van der Waals surface area contributed by atoms with Crippen LogP contribution < -0.4 is 10.5 Å². The number of methoxy groups -OCH3 is 1. The Labute approximate surface area is 97.5 Å². The summed E-state index contributed by atoms with van der Waals surface area (Å²) in [5, 5.41) is 9.37. The monoisotopic (exact) mass is 264 g/mol. The fourth-order valence-corrected chi connectivity index (χ4v) is 2.20. The van der Waals surface area contributed by atoms with Crippen molar-refractivity contribution in [2.45, 2.75) is 0 Å². The van der Waals surface area contributed by atoms with Gasteiger partial charge in [0.25, 0.3) is 0 Å². The Morgan fingerprint density at radius 1 is 1.62 bits per heavy atom. The molecular formula is C8H12N2O4S2. The summed E-state index contributed by atoms with van der Waals surface area (Å²) in [6, 6.07) is 1.68. The number of hydrogen-bond acceptors (Lipinski definition) is 6. The number of anilines is 1. The third-order valence-corrected chi connectivity index (χ3v) is 3.41. The van der Waals surface area contributed by atoms with E-state index in [0.717, 1.165) is 0 Å². The first kappa shape index (κ1) is 12.9. The zero-order valence-electron chi connectivity index (χ0n) is 8.60. The van der Waals surface area contributed by atoms with Crippen molar-refractivity contribution in [1.82, 2.24) is 0 Å². The highest BCUT2D eigenvalue weighted by molar-refractivity contribution is 7.89. The SMILES string of the molecule is COC(=O)c1sccc1NCCS(N)(=O)=O. The lowest BCUT2D eigenvalue weighted by Crippen LogP contribution is -2.22. The second kappa shape index (κ2) is 5.28. The summed E-state index contributed by atoms with van der Waals surface area (Å²) in [6.45, 7) is 0.152. The maximum atomic E-state index is 11.3. The fraction of sp³-hybridized carbons (Fsp3) is 0.375. The molecular weight excluding hydrogens is 252 g/mol. The first-order chi connectivity index (χ1) is 7.44. The maximum absolute atomic E-state index is 11.3. The number of carbonyl (C=O) groups excluding carboxylic acids is 1. The average Bonchev–Trinajstić information content (AvgIpc) is 2.63. The summed E-state index contributed by atoms with van der Waals surface area (Å²) >= 11 is 1.22. The van der Waals surface area contributed by atoms with E-state index in [1.807, 2.05) is 0 Å². The maximum Gasteiger partial charge on any atom is 0.350 e. The molecule has 1 aromatic heterocycles. The topological polar surface area (TPSA) is 98.5 Å². The number of rotatable bonds is 5. The summed E-state index contributed by atoms with van der Waals surface area (Å²) < 4.78 is 25.9. The second-order valence-corrected chi connectivity index (χ2v) is 5.60. The van der Waals surface area contributed by atoms with Crippen molar-refractivity contribution in [3.8, 4) is 0 Å². The number of hydrogen-bond donors (Lipinski definition) is 2. The van der Waals surface area contributed by atoms with Crippen LogP contribution in [0.5, 0.6) is 0 Å². The Kier molecular flexibility index (Phi) is 4.27. The van der Waals surface area contributed by atoms with Crippen LogP contribution in [0.1, 0.15) is 9.67 Å². The summed E-state index contributed by atoms with van der Waals surface area (Å²) in [4.78, 5) is 11.7. The smallest absolute Gasteiger partial charge is 0.350 e. The summed E-state index contributed by atoms with van der Waals surface area (Å²) in [6.07, 6.45) is 0. The largest absolute Gasteiger partial charge is 0.465 e. The molecule has 3 N–H and O–H groups in total. The van der Waals surface area contributed by atoms with Crippen LogP contribution >= 0.6 is 11.3 Å². The van der Waals surface area contributed by atoms with Crippen LogP contribution in [0.3, 0.4) is 0 Å². The van der Waals surface area contributed by atoms with Crippen LogP contribution in [0.2, 0.25) is 0 Å². The molecule has 1 rings (SSSR count). The van der Waals surface area contributed by atoms with Gasteiger partial charge in [-0.3, -0.25) is 0 Å². The predicted molar refractivity (Wildman–Crippen MR) is 62.1 cm³/mol. The van der Waals surface area contributed by atoms with Crippen LogP contribution in [-0.2, 0) is 14.8 Å². The third kappa shape index (κ3) is 3.80. The molecule has 16 heavy (non-hydrogen) atoms. The number of carbonyl (C=O) groups is 1. The number of nitrogens with two attached hydrogens (primary N) is 1. The van der Waals surface area contributed by atoms with Gasteiger partial charge in [0.1, 0.15) is 4.88 Å². The zero-order valence-corrected chi connectivity index (χ0v) is 10.2. The molecule has 0 radical (unpaired) electrons. The van der Waals surface area contributed by atoms with Crippen molar-refractivity contribution in [3.05, 3.63) is 16.3 Å². The van der Waals surface area contributed by atoms with Crippen LogP contribution in [0.25, 0.3) is 0 Å². The van der Waals surface area contributed by atoms with Gasteiger partial charge in [-0.2, -0.15) is 0 Å². The van der Waals surface area contributed by atoms with E-state index in [1.54, 1.807) is 11.4 Å². The van der Waals surface area contributed by atoms with Gasteiger partial charge in [-0.05, 0) is 11.4 Å². The molecule has 0 saturated heterocycles. The molecule has 0 aliphatic heterocycles. The van der Waals surface area contributed by atoms with E-state index in [1.165, 1.54) is 18.4 Å². The van der Waals surface area contributed by atoms with Crippen molar-refractivity contribution >= 4 is 33.0 Å². The minimum absolute atomic E-state index is 0.152. The third-order valence-electron chi connectivity index (χ3n) is 1.74. The molecule has 0 unspecified atom stereocenters. The Morgan fingerprint density at radius 2 is 2.31 bits per heavy atom. The highest BCUT2D eigenvalue weighted by Crippen LogP contribution is 2.22. The van der Waals surface area contributed by atoms with Gasteiger partial charge in [-0.25, -0.2) is 18.4 Å². The van der Waals surface area contributed by atoms with E-state index in [0.29, 0.717) is 10.6 Å². The molecule has 0 aliphatic carbocycles. The minimum atomic E-state index is -3.49. The standard InChI is InChI=1S/C8H12N2O4S2/c1-14-8(11)7-6(2-4-15-7)10-3-5-16(9,12)13/h2,4,10H,3,5H2,1H3,(H2,9,12,13). The fourth-order valence-electron chi connectivity index (χ4n) is 1.03. The molecule has 1 heterocycles.